The molecule has 1 aliphatic carbocycles. The van der Waals surface area contributed by atoms with Crippen molar-refractivity contribution < 1.29 is 28.3 Å². The van der Waals surface area contributed by atoms with Crippen molar-refractivity contribution in [2.45, 2.75) is 185 Å². The molecule has 0 bridgehead atoms. The van der Waals surface area contributed by atoms with Crippen LogP contribution in [0.3, 0.4) is 0 Å². The Morgan fingerprint density at radius 1 is 0.933 bits per heavy atom. The van der Waals surface area contributed by atoms with E-state index < -0.39 is 35.2 Å². The number of nitrogens with zero attached hydrogens (tertiary/aromatic N) is 3. The van der Waals surface area contributed by atoms with Crippen LogP contribution in [0.25, 0.3) is 0 Å². The van der Waals surface area contributed by atoms with Crippen LogP contribution in [0.15, 0.2) is 23.6 Å². The molecule has 0 spiro atoms. The van der Waals surface area contributed by atoms with Crippen LogP contribution >= 0.6 is 37.5 Å². The highest BCUT2D eigenvalue weighted by Gasteiger charge is 2.39. The summed E-state index contributed by atoms with van der Waals surface area (Å²) in [7, 11) is 5.45. The molecule has 4 amide bonds. The molecular formula is C44H93N7O6S3. The van der Waals surface area contributed by atoms with Crippen molar-refractivity contribution in [2.24, 2.45) is 17.1 Å². The van der Waals surface area contributed by atoms with Gasteiger partial charge >= 0.3 is 6.03 Å². The molecule has 5 N–H and O–H groups in total. The lowest BCUT2D eigenvalue weighted by Gasteiger charge is -2.35. The van der Waals surface area contributed by atoms with Gasteiger partial charge in [-0.15, -0.1) is 0 Å². The summed E-state index contributed by atoms with van der Waals surface area (Å²) >= 11 is 2.53. The molecule has 1 saturated carbocycles. The van der Waals surface area contributed by atoms with Crippen molar-refractivity contribution in [2.75, 3.05) is 34.2 Å². The molecule has 2 rings (SSSR count). The van der Waals surface area contributed by atoms with Crippen LogP contribution in [0.2, 0.25) is 0 Å². The molecule has 0 aromatic rings. The lowest BCUT2D eigenvalue weighted by Crippen LogP contribution is -2.59. The molecule has 13 nitrogen and oxygen atoms in total. The molecule has 0 aromatic carbocycles. The Morgan fingerprint density at radius 3 is 1.87 bits per heavy atom. The van der Waals surface area contributed by atoms with Crippen molar-refractivity contribution in [3.8, 4) is 0 Å². The molecule has 1 saturated heterocycles. The van der Waals surface area contributed by atoms with Gasteiger partial charge in [-0.25, -0.2) is 9.08 Å². The predicted octanol–water partition coefficient (Wildman–Crippen LogP) is 9.61. The van der Waals surface area contributed by atoms with Crippen molar-refractivity contribution in [1.82, 2.24) is 30.2 Å². The van der Waals surface area contributed by atoms with Crippen LogP contribution < -0.4 is 21.7 Å². The Morgan fingerprint density at radius 2 is 1.47 bits per heavy atom. The van der Waals surface area contributed by atoms with Gasteiger partial charge in [-0.3, -0.25) is 18.7 Å². The molecule has 0 radical (unpaired) electrons. The number of hydrogen-bond donors (Lipinski definition) is 4. The average molecular weight is 912 g/mol. The molecule has 2 aliphatic rings. The van der Waals surface area contributed by atoms with E-state index in [-0.39, 0.29) is 37.9 Å². The monoisotopic (exact) mass is 912 g/mol. The summed E-state index contributed by atoms with van der Waals surface area (Å²) in [6, 6.07) is -1.65. The van der Waals surface area contributed by atoms with Gasteiger partial charge in [0.05, 0.1) is 11.1 Å². The Balaban J connectivity index is -0.000000232. The van der Waals surface area contributed by atoms with Crippen LogP contribution in [0.5, 0.6) is 0 Å². The Bertz CT molecular complexity index is 1110. The summed E-state index contributed by atoms with van der Waals surface area (Å²) in [5.41, 5.74) is 4.38. The van der Waals surface area contributed by atoms with E-state index in [9.17, 15) is 24.0 Å². The number of hydroxylamine groups is 2. The third-order valence-electron chi connectivity index (χ3n) is 8.38. The molecule has 0 aromatic heterocycles. The average Bonchev–Trinajstić information content (AvgIpc) is 3.69. The van der Waals surface area contributed by atoms with Gasteiger partial charge in [0.15, 0.2) is 0 Å². The number of nitrogens with one attached hydrogen (secondary N) is 3. The minimum Gasteiger partial charge on any atom is -0.363 e. The lowest BCUT2D eigenvalue weighted by molar-refractivity contribution is -0.138. The van der Waals surface area contributed by atoms with Gasteiger partial charge in [0, 0.05) is 45.7 Å². The first kappa shape index (κ1) is 69.5. The summed E-state index contributed by atoms with van der Waals surface area (Å²) in [6.45, 7) is 36.6. The number of primary amides is 1. The number of thioether (sulfide) groups is 1. The molecule has 2 fully saturated rings. The van der Waals surface area contributed by atoms with E-state index in [1.807, 2.05) is 97.2 Å². The quantitative estimate of drug-likeness (QED) is 0.0302. The molecule has 60 heavy (non-hydrogen) atoms. The predicted molar refractivity (Wildman–Crippen MR) is 266 cm³/mol. The number of Topliss-reactive ketones (excluding diaryl/α,β-unsaturated/α-hetero) is 1. The maximum atomic E-state index is 13.2. The second-order valence-corrected chi connectivity index (χ2v) is 16.0. The Labute approximate surface area is 384 Å². The van der Waals surface area contributed by atoms with Gasteiger partial charge in [0.25, 0.3) is 5.91 Å². The Hall–Kier alpha value is -2.24. The van der Waals surface area contributed by atoms with Gasteiger partial charge in [-0.05, 0) is 49.5 Å². The van der Waals surface area contributed by atoms with Gasteiger partial charge in [-0.1, -0.05) is 154 Å². The summed E-state index contributed by atoms with van der Waals surface area (Å²) in [5, 5.41) is 13.0. The molecule has 4 atom stereocenters. The smallest absolute Gasteiger partial charge is 0.315 e. The first-order valence-electron chi connectivity index (χ1n) is 22.1. The summed E-state index contributed by atoms with van der Waals surface area (Å²) in [5.74, 6) is -0.780. The largest absolute Gasteiger partial charge is 0.363 e. The summed E-state index contributed by atoms with van der Waals surface area (Å²) in [6.07, 6.45) is 10.2. The maximum Gasteiger partial charge on any atom is 0.315 e. The number of aldehydes is 1. The molecule has 4 unspecified atom stereocenters. The van der Waals surface area contributed by atoms with Crippen molar-refractivity contribution in [3.63, 3.8) is 0 Å². The normalized spacial score (nSPS) is 15.1. The van der Waals surface area contributed by atoms with Crippen molar-refractivity contribution >= 4 is 67.4 Å². The van der Waals surface area contributed by atoms with Crippen LogP contribution in [0.1, 0.15) is 161 Å². The van der Waals surface area contributed by atoms with E-state index in [0.717, 1.165) is 55.1 Å². The summed E-state index contributed by atoms with van der Waals surface area (Å²) < 4.78 is 7.48. The van der Waals surface area contributed by atoms with Crippen LogP contribution in [0.4, 0.5) is 4.79 Å². The van der Waals surface area contributed by atoms with Crippen LogP contribution in [0, 0.1) is 11.3 Å². The number of carbonyl (C=O) groups is 5. The molecular weight excluding hydrogens is 819 g/mol. The maximum absolute atomic E-state index is 13.2. The highest BCUT2D eigenvalue weighted by atomic mass is 32.2. The van der Waals surface area contributed by atoms with Gasteiger partial charge < -0.3 is 31.4 Å². The number of urea groups is 1. The minimum atomic E-state index is -0.821. The van der Waals surface area contributed by atoms with E-state index in [2.05, 4.69) is 43.0 Å². The van der Waals surface area contributed by atoms with Gasteiger partial charge in [-0.2, -0.15) is 18.6 Å². The van der Waals surface area contributed by atoms with Crippen LogP contribution in [-0.4, -0.2) is 103 Å². The summed E-state index contributed by atoms with van der Waals surface area (Å²) in [4.78, 5) is 60.7. The fourth-order valence-corrected chi connectivity index (χ4v) is 6.27. The topological polar surface area (TPSA) is 166 Å². The zero-order chi connectivity index (χ0) is 47.1. The zero-order valence-corrected chi connectivity index (χ0v) is 43.8. The van der Waals surface area contributed by atoms with Crippen LogP contribution in [-0.2, 0) is 23.5 Å². The number of rotatable bonds is 20. The molecule has 16 heteroatoms. The first-order valence-corrected chi connectivity index (χ1v) is 23.7. The number of hydrogen-bond acceptors (Lipinski definition) is 11. The first-order chi connectivity index (χ1) is 28.0. The number of amides is 4. The highest BCUT2D eigenvalue weighted by molar-refractivity contribution is 8.06. The van der Waals surface area contributed by atoms with E-state index >= 15 is 0 Å². The highest BCUT2D eigenvalue weighted by Crippen LogP contribution is 2.31. The molecule has 358 valence electrons. The fraction of sp³-hybridized carbons (Fsp3) is 0.795. The lowest BCUT2D eigenvalue weighted by atomic mass is 9.80. The van der Waals surface area contributed by atoms with Gasteiger partial charge in [0.2, 0.25) is 11.7 Å². The number of ketones is 1. The van der Waals surface area contributed by atoms with Crippen molar-refractivity contribution in [1.29, 1.82) is 0 Å². The molecule has 1 aliphatic heterocycles. The second kappa shape index (κ2) is 44.8. The SMILES string of the molecule is C=CSC(=C)N(C)SON(C)CC(CCC)NC(=O)NC(C(=O)N1CCCC1C=O)C(C)(C)C.CC.CC.CC.CC.CCC.CNC(CC(=O)C(N)=O)CC1CCC1.S. The standard InChI is InChI=1S/C23H41N5O4S2.C10H18N2O2.C3H8.4C2H6.H2S/c1-9-12-18(15-26(7)32-34-27(8)17(3)33-10-2)24-22(31)25-20(23(4,5)6)21(30)28-14-11-13-19(28)16-29;1-12-8(5-7-3-2-4-7)6-9(13)10(11)14;1-3-2;4*1-2;/h10,16,18-20H,2-3,9,11-15H2,1,4-8H3,(H2,24,25,31);7-8,12H,2-6H2,1H3,(H2,11,14);3H2,1-2H3;4*1-2H3;1H2. The van der Waals surface area contributed by atoms with E-state index in [1.165, 1.54) is 37.4 Å². The van der Waals surface area contributed by atoms with E-state index in [4.69, 9.17) is 10.0 Å². The second-order valence-electron chi connectivity index (χ2n) is 14.1. The number of carbonyl (C=O) groups excluding carboxylic acids is 5. The fourth-order valence-electron chi connectivity index (χ4n) is 5.36. The third kappa shape index (κ3) is 33.4. The van der Waals surface area contributed by atoms with Gasteiger partial charge in [0.1, 0.15) is 24.6 Å². The number of nitrogens with two attached hydrogens (primary N) is 1. The molecule has 1 heterocycles. The third-order valence-corrected chi connectivity index (χ3v) is 9.97. The van der Waals surface area contributed by atoms with E-state index in [1.54, 1.807) is 26.7 Å². The van der Waals surface area contributed by atoms with Crippen molar-refractivity contribution in [3.05, 3.63) is 23.6 Å². The minimum absolute atomic E-state index is 0. The Kier molecular flexibility index (Phi) is 51.9. The zero-order valence-electron chi connectivity index (χ0n) is 41.1. The number of likely N-dealkylation sites (N-methyl/N-ethyl adjacent to an activating group) is 1. The van der Waals surface area contributed by atoms with E-state index in [0.29, 0.717) is 19.5 Å². The number of likely N-dealkylation sites (tertiary alicyclic amines) is 1.